The maximum absolute atomic E-state index is 12.9. The van der Waals surface area contributed by atoms with Crippen molar-refractivity contribution in [2.45, 2.75) is 32.4 Å². The lowest BCUT2D eigenvalue weighted by Gasteiger charge is -2.11. The topological polar surface area (TPSA) is 73.1 Å². The number of rotatable bonds is 8. The predicted octanol–water partition coefficient (Wildman–Crippen LogP) is 4.61. The van der Waals surface area contributed by atoms with Crippen molar-refractivity contribution in [3.05, 3.63) is 77.6 Å². The van der Waals surface area contributed by atoms with Crippen molar-refractivity contribution < 1.29 is 23.0 Å². The molecule has 0 fully saturated rings. The molecule has 0 aliphatic carbocycles. The van der Waals surface area contributed by atoms with Gasteiger partial charge in [0.15, 0.2) is 0 Å². The first-order valence-electron chi connectivity index (χ1n) is 10.1. The first kappa shape index (κ1) is 21.9. The highest BCUT2D eigenvalue weighted by molar-refractivity contribution is 5.85. The summed E-state index contributed by atoms with van der Waals surface area (Å²) in [5, 5.41) is 17.9. The van der Waals surface area contributed by atoms with E-state index in [0.29, 0.717) is 29.9 Å². The second-order valence-corrected chi connectivity index (χ2v) is 7.30. The normalized spacial score (nSPS) is 11.9. The molecule has 4 rings (SSSR count). The van der Waals surface area contributed by atoms with Gasteiger partial charge in [0.05, 0.1) is 36.2 Å². The minimum absolute atomic E-state index is 0.0854. The number of halogens is 3. The molecule has 2 aromatic heterocycles. The van der Waals surface area contributed by atoms with E-state index in [1.54, 1.807) is 10.9 Å². The van der Waals surface area contributed by atoms with Gasteiger partial charge in [-0.15, -0.1) is 5.10 Å². The number of pyridine rings is 1. The minimum atomic E-state index is -4.38. The molecule has 0 unspecified atom stereocenters. The number of aliphatic hydroxyl groups excluding tert-OH is 1. The van der Waals surface area contributed by atoms with E-state index in [9.17, 15) is 13.2 Å². The fourth-order valence-corrected chi connectivity index (χ4v) is 3.36. The van der Waals surface area contributed by atoms with Gasteiger partial charge in [-0.2, -0.15) is 13.2 Å². The van der Waals surface area contributed by atoms with Crippen LogP contribution < -0.4 is 0 Å². The zero-order valence-corrected chi connectivity index (χ0v) is 17.1. The van der Waals surface area contributed by atoms with Crippen molar-refractivity contribution in [2.24, 2.45) is 0 Å². The molecule has 166 valence electrons. The Labute approximate surface area is 182 Å². The van der Waals surface area contributed by atoms with Gasteiger partial charge < -0.3 is 9.84 Å². The van der Waals surface area contributed by atoms with Gasteiger partial charge in [0, 0.05) is 24.1 Å². The zero-order valence-electron chi connectivity index (χ0n) is 17.1. The van der Waals surface area contributed by atoms with E-state index in [1.807, 2.05) is 30.3 Å². The third-order valence-corrected chi connectivity index (χ3v) is 4.95. The molecule has 0 atom stereocenters. The quantitative estimate of drug-likeness (QED) is 0.431. The minimum Gasteiger partial charge on any atom is -0.396 e. The number of alkyl halides is 3. The van der Waals surface area contributed by atoms with Crippen LogP contribution in [-0.4, -0.2) is 31.7 Å². The van der Waals surface area contributed by atoms with E-state index in [4.69, 9.17) is 9.84 Å². The van der Waals surface area contributed by atoms with Crippen LogP contribution in [-0.2, 0) is 30.7 Å². The number of hydrogen-bond donors (Lipinski definition) is 1. The van der Waals surface area contributed by atoms with Crippen molar-refractivity contribution in [3.63, 3.8) is 0 Å². The average Bonchev–Trinajstić information content (AvgIpc) is 3.24. The Morgan fingerprint density at radius 3 is 2.53 bits per heavy atom. The van der Waals surface area contributed by atoms with Gasteiger partial charge >= 0.3 is 6.18 Å². The molecular formula is C23H21F3N4O2. The molecule has 9 heteroatoms. The summed E-state index contributed by atoms with van der Waals surface area (Å²) in [7, 11) is 0. The summed E-state index contributed by atoms with van der Waals surface area (Å²) in [6.07, 6.45) is -2.01. The standard InChI is InChI=1S/C23H21F3N4O2/c24-23(25,26)18-8-6-16(7-9-18)22-12-17(20-4-1-2-5-21(20)27-22)14-32-15-19-13-30(29-28-19)10-3-11-31/h1-2,4-9,12-13,31H,3,10-11,14-15H2. The summed E-state index contributed by atoms with van der Waals surface area (Å²) in [5.74, 6) is 0. The summed E-state index contributed by atoms with van der Waals surface area (Å²) >= 11 is 0. The van der Waals surface area contributed by atoms with E-state index in [-0.39, 0.29) is 19.8 Å². The Hall–Kier alpha value is -3.30. The van der Waals surface area contributed by atoms with Crippen LogP contribution in [0.2, 0.25) is 0 Å². The van der Waals surface area contributed by atoms with Crippen LogP contribution in [0.5, 0.6) is 0 Å². The summed E-state index contributed by atoms with van der Waals surface area (Å²) in [6.45, 7) is 1.20. The Bertz CT molecular complexity index is 1190. The Balaban J connectivity index is 1.54. The zero-order chi connectivity index (χ0) is 22.6. The highest BCUT2D eigenvalue weighted by Crippen LogP contribution is 2.31. The molecule has 0 aliphatic rings. The monoisotopic (exact) mass is 442 g/mol. The molecule has 2 heterocycles. The smallest absolute Gasteiger partial charge is 0.396 e. The summed E-state index contributed by atoms with van der Waals surface area (Å²) < 4.78 is 46.1. The third-order valence-electron chi connectivity index (χ3n) is 4.95. The maximum Gasteiger partial charge on any atom is 0.416 e. The molecule has 1 N–H and O–H groups in total. The lowest BCUT2D eigenvalue weighted by atomic mass is 10.0. The van der Waals surface area contributed by atoms with Crippen molar-refractivity contribution in [3.8, 4) is 11.3 Å². The Morgan fingerprint density at radius 2 is 1.78 bits per heavy atom. The van der Waals surface area contributed by atoms with E-state index in [1.165, 1.54) is 12.1 Å². The number of ether oxygens (including phenoxy) is 1. The van der Waals surface area contributed by atoms with Gasteiger partial charge in [0.1, 0.15) is 5.69 Å². The molecule has 0 bridgehead atoms. The van der Waals surface area contributed by atoms with Crippen LogP contribution in [0.3, 0.4) is 0 Å². The number of aromatic nitrogens is 4. The predicted molar refractivity (Wildman–Crippen MR) is 112 cm³/mol. The summed E-state index contributed by atoms with van der Waals surface area (Å²) in [5.41, 5.74) is 2.75. The van der Waals surface area contributed by atoms with Crippen molar-refractivity contribution >= 4 is 10.9 Å². The molecule has 32 heavy (non-hydrogen) atoms. The fraction of sp³-hybridized carbons (Fsp3) is 0.261. The maximum atomic E-state index is 12.9. The second-order valence-electron chi connectivity index (χ2n) is 7.30. The van der Waals surface area contributed by atoms with Gasteiger partial charge in [-0.1, -0.05) is 35.5 Å². The van der Waals surface area contributed by atoms with Gasteiger partial charge in [0.25, 0.3) is 0 Å². The number of aryl methyl sites for hydroxylation is 1. The van der Waals surface area contributed by atoms with Crippen LogP contribution in [0.15, 0.2) is 60.8 Å². The van der Waals surface area contributed by atoms with E-state index >= 15 is 0 Å². The number of nitrogens with zero attached hydrogens (tertiary/aromatic N) is 4. The Morgan fingerprint density at radius 1 is 1.00 bits per heavy atom. The molecule has 4 aromatic rings. The van der Waals surface area contributed by atoms with Gasteiger partial charge in [0.2, 0.25) is 0 Å². The third kappa shape index (κ3) is 5.12. The van der Waals surface area contributed by atoms with E-state index in [2.05, 4.69) is 15.3 Å². The van der Waals surface area contributed by atoms with Crippen LogP contribution in [0.1, 0.15) is 23.2 Å². The number of fused-ring (bicyclic) bond motifs is 1. The number of benzene rings is 2. The summed E-state index contributed by atoms with van der Waals surface area (Å²) in [6, 6.07) is 14.4. The largest absolute Gasteiger partial charge is 0.416 e. The molecular weight excluding hydrogens is 421 g/mol. The fourth-order valence-electron chi connectivity index (χ4n) is 3.36. The van der Waals surface area contributed by atoms with Crippen LogP contribution >= 0.6 is 0 Å². The first-order valence-corrected chi connectivity index (χ1v) is 10.1. The van der Waals surface area contributed by atoms with E-state index in [0.717, 1.165) is 28.6 Å². The van der Waals surface area contributed by atoms with Crippen LogP contribution in [0.25, 0.3) is 22.2 Å². The lowest BCUT2D eigenvalue weighted by molar-refractivity contribution is -0.137. The highest BCUT2D eigenvalue weighted by Gasteiger charge is 2.30. The van der Waals surface area contributed by atoms with Crippen LogP contribution in [0.4, 0.5) is 13.2 Å². The molecule has 6 nitrogen and oxygen atoms in total. The highest BCUT2D eigenvalue weighted by atomic mass is 19.4. The molecule has 0 saturated carbocycles. The van der Waals surface area contributed by atoms with Crippen molar-refractivity contribution in [1.29, 1.82) is 0 Å². The van der Waals surface area contributed by atoms with Gasteiger partial charge in [-0.3, -0.25) is 4.68 Å². The molecule has 2 aromatic carbocycles. The molecule has 0 aliphatic heterocycles. The number of hydrogen-bond acceptors (Lipinski definition) is 5. The Kier molecular flexibility index (Phi) is 6.48. The molecule has 0 radical (unpaired) electrons. The van der Waals surface area contributed by atoms with Crippen molar-refractivity contribution in [2.75, 3.05) is 6.61 Å². The first-order chi connectivity index (χ1) is 15.4. The van der Waals surface area contributed by atoms with Gasteiger partial charge in [-0.05, 0) is 36.2 Å². The number of aliphatic hydroxyl groups is 1. The molecule has 0 saturated heterocycles. The second kappa shape index (κ2) is 9.46. The SMILES string of the molecule is OCCCn1cc(COCc2cc(-c3ccc(C(F)(F)F)cc3)nc3ccccc23)nn1. The van der Waals surface area contributed by atoms with Crippen molar-refractivity contribution in [1.82, 2.24) is 20.0 Å². The van der Waals surface area contributed by atoms with E-state index < -0.39 is 11.7 Å². The lowest BCUT2D eigenvalue weighted by Crippen LogP contribution is -2.04. The molecule has 0 amide bonds. The van der Waals surface area contributed by atoms with Gasteiger partial charge in [-0.25, -0.2) is 4.98 Å². The van der Waals surface area contributed by atoms with Crippen LogP contribution in [0, 0.1) is 0 Å². The molecule has 0 spiro atoms. The summed E-state index contributed by atoms with van der Waals surface area (Å²) in [4.78, 5) is 4.61. The average molecular weight is 442 g/mol. The number of para-hydroxylation sites is 1.